The third-order valence-electron chi connectivity index (χ3n) is 3.40. The highest BCUT2D eigenvalue weighted by Gasteiger charge is 2.46. The number of hydrazone groups is 1. The molecule has 0 aromatic heterocycles. The zero-order chi connectivity index (χ0) is 20.4. The van der Waals surface area contributed by atoms with Gasteiger partial charge in [-0.2, -0.15) is 26.7 Å². The molecule has 0 aliphatic carbocycles. The Morgan fingerprint density at radius 3 is 2.33 bits per heavy atom. The van der Waals surface area contributed by atoms with Gasteiger partial charge in [0.15, 0.2) is 0 Å². The van der Waals surface area contributed by atoms with Crippen LogP contribution in [-0.2, 0) is 10.0 Å². The highest BCUT2D eigenvalue weighted by molar-refractivity contribution is 7.93. The summed E-state index contributed by atoms with van der Waals surface area (Å²) >= 11 is 11.8. The van der Waals surface area contributed by atoms with E-state index in [0.717, 1.165) is 6.07 Å². The average Bonchev–Trinajstić information content (AvgIpc) is 2.55. The average molecular weight is 440 g/mol. The van der Waals surface area contributed by atoms with Crippen LogP contribution in [0.15, 0.2) is 47.6 Å². The first kappa shape index (κ1) is 21.3. The molecule has 0 saturated heterocycles. The number of nitrogens with one attached hydrogen (secondary N) is 1. The minimum absolute atomic E-state index is 0.101. The van der Waals surface area contributed by atoms with Gasteiger partial charge in [0.05, 0.1) is 17.1 Å². The molecule has 0 aliphatic heterocycles. The molecule has 2 rings (SSSR count). The molecular formula is C16H14Cl2F3N3O2S. The summed E-state index contributed by atoms with van der Waals surface area (Å²) < 4.78 is 62.4. The molecule has 0 amide bonds. The fourth-order valence-electron chi connectivity index (χ4n) is 2.12. The van der Waals surface area contributed by atoms with Crippen LogP contribution in [0.4, 0.5) is 24.5 Å². The number of hydrogen-bond donors (Lipinski definition) is 1. The lowest BCUT2D eigenvalue weighted by molar-refractivity contribution is -0.0429. The van der Waals surface area contributed by atoms with E-state index in [9.17, 15) is 21.6 Å². The van der Waals surface area contributed by atoms with Crippen molar-refractivity contribution in [2.24, 2.45) is 5.10 Å². The Labute approximate surface area is 164 Å². The van der Waals surface area contributed by atoms with Crippen molar-refractivity contribution in [3.8, 4) is 0 Å². The van der Waals surface area contributed by atoms with Crippen LogP contribution < -0.4 is 9.73 Å². The summed E-state index contributed by atoms with van der Waals surface area (Å²) in [7, 11) is -3.97. The van der Waals surface area contributed by atoms with Crippen molar-refractivity contribution in [3.63, 3.8) is 0 Å². The van der Waals surface area contributed by atoms with E-state index in [4.69, 9.17) is 23.2 Å². The number of alkyl halides is 3. The Kier molecular flexibility index (Phi) is 6.28. The molecule has 0 radical (unpaired) electrons. The molecule has 2 aromatic rings. The van der Waals surface area contributed by atoms with Crippen molar-refractivity contribution in [1.82, 2.24) is 0 Å². The second-order valence-electron chi connectivity index (χ2n) is 5.43. The van der Waals surface area contributed by atoms with Crippen LogP contribution in [0.3, 0.4) is 0 Å². The van der Waals surface area contributed by atoms with Gasteiger partial charge >= 0.3 is 15.5 Å². The summed E-state index contributed by atoms with van der Waals surface area (Å²) in [5.41, 5.74) is -4.78. The van der Waals surface area contributed by atoms with Crippen molar-refractivity contribution >= 4 is 50.3 Å². The third kappa shape index (κ3) is 5.27. The number of hydrogen-bond acceptors (Lipinski definition) is 4. The fraction of sp³-hybridized carbons (Fsp3) is 0.188. The van der Waals surface area contributed by atoms with E-state index < -0.39 is 15.5 Å². The monoisotopic (exact) mass is 439 g/mol. The van der Waals surface area contributed by atoms with Crippen molar-refractivity contribution in [3.05, 3.63) is 58.1 Å². The Morgan fingerprint density at radius 2 is 1.74 bits per heavy atom. The second-order valence-corrected chi connectivity index (χ2v) is 7.98. The zero-order valence-electron chi connectivity index (χ0n) is 14.1. The smallest absolute Gasteiger partial charge is 0.275 e. The van der Waals surface area contributed by atoms with Crippen molar-refractivity contribution in [1.29, 1.82) is 0 Å². The first-order valence-corrected chi connectivity index (χ1v) is 9.58. The molecule has 0 saturated carbocycles. The Bertz CT molecular complexity index is 979. The summed E-state index contributed by atoms with van der Waals surface area (Å²) in [4.78, 5) is 0. The van der Waals surface area contributed by atoms with Crippen LogP contribution >= 0.6 is 23.2 Å². The number of sulfonamides is 1. The molecule has 1 N–H and O–H groups in total. The maximum atomic E-state index is 12.7. The van der Waals surface area contributed by atoms with Gasteiger partial charge in [-0.25, -0.2) is 0 Å². The molecular weight excluding hydrogens is 426 g/mol. The van der Waals surface area contributed by atoms with E-state index in [1.807, 2.05) is 0 Å². The molecule has 146 valence electrons. The second kappa shape index (κ2) is 7.95. The molecule has 5 nitrogen and oxygen atoms in total. The fourth-order valence-corrected chi connectivity index (χ4v) is 3.06. The molecule has 0 spiro atoms. The minimum atomic E-state index is -5.59. The maximum absolute atomic E-state index is 12.7. The highest BCUT2D eigenvalue weighted by atomic mass is 35.5. The number of anilines is 2. The molecule has 0 aliphatic rings. The molecule has 0 fully saturated rings. The van der Waals surface area contributed by atoms with E-state index in [1.54, 1.807) is 31.3 Å². The van der Waals surface area contributed by atoms with Gasteiger partial charge in [-0.15, -0.1) is 0 Å². The third-order valence-corrected chi connectivity index (χ3v) is 4.97. The molecule has 2 aromatic carbocycles. The van der Waals surface area contributed by atoms with Gasteiger partial charge in [0.1, 0.15) is 0 Å². The van der Waals surface area contributed by atoms with Gasteiger partial charge in [0, 0.05) is 22.7 Å². The van der Waals surface area contributed by atoms with E-state index in [0.29, 0.717) is 10.7 Å². The molecule has 0 atom stereocenters. The number of halogens is 5. The van der Waals surface area contributed by atoms with Crippen LogP contribution in [0, 0.1) is 0 Å². The van der Waals surface area contributed by atoms with E-state index in [2.05, 4.69) is 5.10 Å². The summed E-state index contributed by atoms with van der Waals surface area (Å²) in [5.74, 6) is 0. The van der Waals surface area contributed by atoms with Crippen LogP contribution in [0.25, 0.3) is 0 Å². The Hall–Kier alpha value is -1.97. The largest absolute Gasteiger partial charge is 0.516 e. The van der Waals surface area contributed by atoms with E-state index >= 15 is 0 Å². The van der Waals surface area contributed by atoms with Gasteiger partial charge in [-0.05, 0) is 43.3 Å². The highest BCUT2D eigenvalue weighted by Crippen LogP contribution is 2.29. The summed E-state index contributed by atoms with van der Waals surface area (Å²) in [6, 6.07) is 10.5. The lowest BCUT2D eigenvalue weighted by atomic mass is 10.1. The number of benzene rings is 2. The van der Waals surface area contributed by atoms with Crippen molar-refractivity contribution in [2.45, 2.75) is 12.4 Å². The van der Waals surface area contributed by atoms with Crippen LogP contribution in [0.1, 0.15) is 12.5 Å². The van der Waals surface area contributed by atoms with E-state index in [-0.39, 0.29) is 22.0 Å². The van der Waals surface area contributed by atoms with Crippen LogP contribution in [0.5, 0.6) is 0 Å². The molecule has 27 heavy (non-hydrogen) atoms. The van der Waals surface area contributed by atoms with Gasteiger partial charge in [0.25, 0.3) is 0 Å². The first-order chi connectivity index (χ1) is 12.4. The summed E-state index contributed by atoms with van der Waals surface area (Å²) in [6.07, 6.45) is 0. The maximum Gasteiger partial charge on any atom is 0.516 e. The minimum Gasteiger partial charge on any atom is -0.275 e. The van der Waals surface area contributed by atoms with Gasteiger partial charge in [-0.1, -0.05) is 29.3 Å². The zero-order valence-corrected chi connectivity index (χ0v) is 16.4. The first-order valence-electron chi connectivity index (χ1n) is 7.34. The number of nitrogens with zero attached hydrogens (tertiary/aromatic N) is 2. The lowest BCUT2D eigenvalue weighted by Gasteiger charge is -2.17. The Morgan fingerprint density at radius 1 is 1.11 bits per heavy atom. The topological polar surface area (TPSA) is 61.8 Å². The van der Waals surface area contributed by atoms with Crippen LogP contribution in [0.2, 0.25) is 10.0 Å². The predicted octanol–water partition coefficient (Wildman–Crippen LogP) is 5.12. The number of rotatable bonds is 5. The molecule has 0 unspecified atom stereocenters. The summed E-state index contributed by atoms with van der Waals surface area (Å²) in [5, 5.41) is 6.41. The van der Waals surface area contributed by atoms with Crippen molar-refractivity contribution in [2.75, 3.05) is 16.8 Å². The summed E-state index contributed by atoms with van der Waals surface area (Å²) in [6.45, 7) is 1.51. The Balaban J connectivity index is 2.43. The molecule has 11 heteroatoms. The van der Waals surface area contributed by atoms with Gasteiger partial charge in [0.2, 0.25) is 0 Å². The quantitative estimate of drug-likeness (QED) is 0.519. The standard InChI is InChI=1S/C16H14Cl2F3N3O2S/c1-10(22-24(2)13-5-3-4-11(17)8-13)14-9-12(18)6-7-15(14)23-27(25,26)16(19,20)21/h3-9,23H,1-2H3/b22-10+. The lowest BCUT2D eigenvalue weighted by Crippen LogP contribution is -2.30. The predicted molar refractivity (Wildman–Crippen MR) is 102 cm³/mol. The molecule has 0 bridgehead atoms. The van der Waals surface area contributed by atoms with E-state index in [1.165, 1.54) is 28.8 Å². The van der Waals surface area contributed by atoms with Crippen LogP contribution in [-0.4, -0.2) is 26.7 Å². The normalized spacial score (nSPS) is 12.8. The van der Waals surface area contributed by atoms with Crippen molar-refractivity contribution < 1.29 is 21.6 Å². The van der Waals surface area contributed by atoms with Gasteiger partial charge in [-0.3, -0.25) is 9.73 Å². The van der Waals surface area contributed by atoms with Gasteiger partial charge < -0.3 is 0 Å². The molecule has 0 heterocycles. The SMILES string of the molecule is C/C(=N\N(C)c1cccc(Cl)c1)c1cc(Cl)ccc1NS(=O)(=O)C(F)(F)F.